The van der Waals surface area contributed by atoms with Crippen LogP contribution in [0.15, 0.2) is 18.3 Å². The van der Waals surface area contributed by atoms with Crippen LogP contribution < -0.4 is 10.2 Å². The Morgan fingerprint density at radius 2 is 1.91 bits per heavy atom. The molecule has 0 spiro atoms. The second-order valence-electron chi connectivity index (χ2n) is 7.15. The first kappa shape index (κ1) is 16.3. The molecule has 1 amide bonds. The zero-order valence-electron chi connectivity index (χ0n) is 14.3. The molecule has 0 saturated carbocycles. The van der Waals surface area contributed by atoms with Crippen molar-refractivity contribution in [3.8, 4) is 5.88 Å². The molecule has 124 valence electrons. The molecule has 1 aromatic rings. The molecule has 3 rings (SSSR count). The highest BCUT2D eigenvalue weighted by Crippen LogP contribution is 2.37. The minimum Gasteiger partial charge on any atom is -0.471 e. The van der Waals surface area contributed by atoms with Crippen LogP contribution in [0.25, 0.3) is 0 Å². The number of likely N-dealkylation sites (tertiary alicyclic amines) is 1. The minimum atomic E-state index is -0.507. The summed E-state index contributed by atoms with van der Waals surface area (Å²) in [6.07, 6.45) is 1.65. The Hall–Kier alpha value is -1.60. The largest absolute Gasteiger partial charge is 0.500 e. The monoisotopic (exact) mass is 318 g/mol. The van der Waals surface area contributed by atoms with Crippen LogP contribution in [-0.2, 0) is 14.1 Å². The highest BCUT2D eigenvalue weighted by molar-refractivity contribution is 6.63. The molecule has 0 bridgehead atoms. The van der Waals surface area contributed by atoms with Crippen LogP contribution in [0.1, 0.15) is 34.6 Å². The van der Waals surface area contributed by atoms with Crippen molar-refractivity contribution in [1.29, 1.82) is 0 Å². The summed E-state index contributed by atoms with van der Waals surface area (Å²) in [5.74, 6) is 0.580. The Morgan fingerprint density at radius 3 is 2.48 bits per heavy atom. The number of rotatable bonds is 3. The van der Waals surface area contributed by atoms with Gasteiger partial charge in [-0.25, -0.2) is 4.98 Å². The van der Waals surface area contributed by atoms with E-state index in [0.717, 1.165) is 5.46 Å². The number of hydrogen-bond acceptors (Lipinski definition) is 5. The van der Waals surface area contributed by atoms with Gasteiger partial charge in [0.05, 0.1) is 24.3 Å². The lowest BCUT2D eigenvalue weighted by atomic mass is 9.79. The predicted octanol–water partition coefficient (Wildman–Crippen LogP) is 0.990. The summed E-state index contributed by atoms with van der Waals surface area (Å²) in [5.41, 5.74) is -0.0354. The van der Waals surface area contributed by atoms with Crippen molar-refractivity contribution in [1.82, 2.24) is 9.88 Å². The van der Waals surface area contributed by atoms with Crippen molar-refractivity contribution >= 4 is 18.5 Å². The topological polar surface area (TPSA) is 60.9 Å². The van der Waals surface area contributed by atoms with E-state index in [9.17, 15) is 4.79 Å². The van der Waals surface area contributed by atoms with Gasteiger partial charge in [0.25, 0.3) is 0 Å². The Balaban J connectivity index is 1.74. The molecular weight excluding hydrogens is 295 g/mol. The van der Waals surface area contributed by atoms with E-state index in [1.54, 1.807) is 18.0 Å². The molecule has 2 fully saturated rings. The quantitative estimate of drug-likeness (QED) is 0.778. The average molecular weight is 318 g/mol. The van der Waals surface area contributed by atoms with Crippen LogP contribution in [0.2, 0.25) is 0 Å². The summed E-state index contributed by atoms with van der Waals surface area (Å²) < 4.78 is 18.1. The van der Waals surface area contributed by atoms with Gasteiger partial charge in [-0.3, -0.25) is 4.79 Å². The van der Waals surface area contributed by atoms with E-state index >= 15 is 0 Å². The second kappa shape index (κ2) is 5.49. The number of nitrogens with zero attached hydrogens (tertiary/aromatic N) is 2. The molecule has 1 aromatic heterocycles. The van der Waals surface area contributed by atoms with Gasteiger partial charge in [0, 0.05) is 18.6 Å². The summed E-state index contributed by atoms with van der Waals surface area (Å²) >= 11 is 0. The molecule has 3 heterocycles. The maximum Gasteiger partial charge on any atom is 0.500 e. The summed E-state index contributed by atoms with van der Waals surface area (Å²) in [7, 11) is -0.507. The molecule has 0 aromatic carbocycles. The molecule has 0 atom stereocenters. The maximum absolute atomic E-state index is 11.3. The summed E-state index contributed by atoms with van der Waals surface area (Å²) in [5, 5.41) is 0. The molecular formula is C16H23BN2O4. The van der Waals surface area contributed by atoms with Gasteiger partial charge in [0.2, 0.25) is 11.8 Å². The lowest BCUT2D eigenvalue weighted by Crippen LogP contribution is -2.56. The fraction of sp³-hybridized carbons (Fsp3) is 0.625. The van der Waals surface area contributed by atoms with Crippen molar-refractivity contribution in [3.63, 3.8) is 0 Å². The molecule has 0 radical (unpaired) electrons. The van der Waals surface area contributed by atoms with E-state index in [0.29, 0.717) is 19.0 Å². The van der Waals surface area contributed by atoms with Crippen molar-refractivity contribution in [2.45, 2.75) is 51.9 Å². The summed E-state index contributed by atoms with van der Waals surface area (Å²) in [6.45, 7) is 10.8. The van der Waals surface area contributed by atoms with Gasteiger partial charge >= 0.3 is 7.12 Å². The fourth-order valence-corrected chi connectivity index (χ4v) is 2.58. The highest BCUT2D eigenvalue weighted by Gasteiger charge is 2.52. The zero-order chi connectivity index (χ0) is 16.8. The first-order chi connectivity index (χ1) is 10.7. The van der Waals surface area contributed by atoms with E-state index in [-0.39, 0.29) is 12.0 Å². The third kappa shape index (κ3) is 2.95. The molecule has 23 heavy (non-hydrogen) atoms. The van der Waals surface area contributed by atoms with Gasteiger partial charge in [-0.1, -0.05) is 6.07 Å². The molecule has 7 heteroatoms. The third-order valence-electron chi connectivity index (χ3n) is 4.88. The Labute approximate surface area is 137 Å². The van der Waals surface area contributed by atoms with Crippen molar-refractivity contribution in [3.05, 3.63) is 18.3 Å². The number of aromatic nitrogens is 1. The highest BCUT2D eigenvalue weighted by atomic mass is 16.7. The molecule has 6 nitrogen and oxygen atoms in total. The number of carbonyl (C=O) groups is 1. The van der Waals surface area contributed by atoms with Crippen LogP contribution >= 0.6 is 0 Å². The first-order valence-electron chi connectivity index (χ1n) is 7.92. The smallest absolute Gasteiger partial charge is 0.471 e. The van der Waals surface area contributed by atoms with E-state index in [1.165, 1.54) is 0 Å². The standard InChI is InChI=1S/C16H23BN2O4/c1-11(20)19-9-12(10-19)21-14-13(7-6-8-18-14)17-22-15(2,3)16(4,5)23-17/h6-8,12H,9-10H2,1-5H3. The van der Waals surface area contributed by atoms with Crippen LogP contribution in [0.4, 0.5) is 0 Å². The predicted molar refractivity (Wildman–Crippen MR) is 86.6 cm³/mol. The zero-order valence-corrected chi connectivity index (χ0v) is 14.3. The van der Waals surface area contributed by atoms with Gasteiger partial charge in [-0.15, -0.1) is 0 Å². The molecule has 0 N–H and O–H groups in total. The first-order valence-corrected chi connectivity index (χ1v) is 7.92. The number of amides is 1. The van der Waals surface area contributed by atoms with E-state index < -0.39 is 18.3 Å². The van der Waals surface area contributed by atoms with Gasteiger partial charge in [-0.05, 0) is 33.8 Å². The maximum atomic E-state index is 11.3. The number of hydrogen-bond donors (Lipinski definition) is 0. The van der Waals surface area contributed by atoms with Crippen LogP contribution in [-0.4, -0.2) is 53.3 Å². The van der Waals surface area contributed by atoms with Crippen molar-refractivity contribution in [2.75, 3.05) is 13.1 Å². The normalized spacial score (nSPS) is 22.8. The minimum absolute atomic E-state index is 0.0324. The lowest BCUT2D eigenvalue weighted by molar-refractivity contribution is -0.137. The molecule has 0 aliphatic carbocycles. The molecule has 2 saturated heterocycles. The Kier molecular flexibility index (Phi) is 3.88. The second-order valence-corrected chi connectivity index (χ2v) is 7.15. The van der Waals surface area contributed by atoms with Gasteiger partial charge in [0.15, 0.2) is 0 Å². The van der Waals surface area contributed by atoms with Crippen LogP contribution in [0.3, 0.4) is 0 Å². The van der Waals surface area contributed by atoms with Crippen molar-refractivity contribution in [2.24, 2.45) is 0 Å². The third-order valence-corrected chi connectivity index (χ3v) is 4.88. The number of pyridine rings is 1. The number of ether oxygens (including phenoxy) is 1. The summed E-state index contributed by atoms with van der Waals surface area (Å²) in [6, 6.07) is 3.75. The van der Waals surface area contributed by atoms with Gasteiger partial charge in [0.1, 0.15) is 6.10 Å². The van der Waals surface area contributed by atoms with Crippen molar-refractivity contribution < 1.29 is 18.8 Å². The van der Waals surface area contributed by atoms with Crippen LogP contribution in [0, 0.1) is 0 Å². The Bertz CT molecular complexity index is 598. The Morgan fingerprint density at radius 1 is 1.30 bits per heavy atom. The molecule has 2 aliphatic rings. The SMILES string of the molecule is CC(=O)N1CC(Oc2ncccc2B2OC(C)(C)C(C)(C)O2)C1. The molecule has 2 aliphatic heterocycles. The van der Waals surface area contributed by atoms with Gasteiger partial charge < -0.3 is 18.9 Å². The van der Waals surface area contributed by atoms with E-state index in [2.05, 4.69) is 4.98 Å². The van der Waals surface area contributed by atoms with E-state index in [1.807, 2.05) is 39.8 Å². The van der Waals surface area contributed by atoms with Gasteiger partial charge in [-0.2, -0.15) is 0 Å². The van der Waals surface area contributed by atoms with Crippen LogP contribution in [0.5, 0.6) is 5.88 Å². The summed E-state index contributed by atoms with van der Waals surface area (Å²) in [4.78, 5) is 17.3. The number of carbonyl (C=O) groups excluding carboxylic acids is 1. The van der Waals surface area contributed by atoms with E-state index in [4.69, 9.17) is 14.0 Å². The average Bonchev–Trinajstić information content (AvgIpc) is 2.62. The molecule has 0 unspecified atom stereocenters. The fourth-order valence-electron chi connectivity index (χ4n) is 2.58. The lowest BCUT2D eigenvalue weighted by Gasteiger charge is -2.38.